The molecule has 0 atom stereocenters. The van der Waals surface area contributed by atoms with E-state index in [9.17, 15) is 4.79 Å². The van der Waals surface area contributed by atoms with Crippen LogP contribution in [-0.2, 0) is 4.79 Å². The largest absolute Gasteiger partial charge is 0.366 e. The number of nitrogens with one attached hydrogen (secondary N) is 1. The quantitative estimate of drug-likeness (QED) is 0.340. The van der Waals surface area contributed by atoms with E-state index in [0.29, 0.717) is 25.1 Å². The number of carbonyl (C=O) groups is 1. The van der Waals surface area contributed by atoms with Crippen molar-refractivity contribution in [1.29, 1.82) is 0 Å². The minimum Gasteiger partial charge on any atom is -0.366 e. The zero-order chi connectivity index (χ0) is 8.69. The zero-order valence-corrected chi connectivity index (χ0v) is 6.60. The molecule has 0 heterocycles. The average Bonchev–Trinajstić information content (AvgIpc) is 1.97. The summed E-state index contributed by atoms with van der Waals surface area (Å²) in [5, 5.41) is 3.03. The number of hydrogen-bond donors (Lipinski definition) is 3. The number of carbonyl (C=O) groups excluding carboxylic acids is 1. The van der Waals surface area contributed by atoms with Crippen molar-refractivity contribution in [3.63, 3.8) is 0 Å². The molecular formula is C7H15N3O. The lowest BCUT2D eigenvalue weighted by Crippen LogP contribution is -2.25. The van der Waals surface area contributed by atoms with Gasteiger partial charge in [0.05, 0.1) is 0 Å². The first-order valence-corrected chi connectivity index (χ1v) is 3.57. The van der Waals surface area contributed by atoms with Gasteiger partial charge in [-0.25, -0.2) is 0 Å². The molecule has 0 aliphatic rings. The Morgan fingerprint density at radius 2 is 2.09 bits per heavy atom. The van der Waals surface area contributed by atoms with Crippen LogP contribution in [0.25, 0.3) is 0 Å². The van der Waals surface area contributed by atoms with Crippen LogP contribution in [0.2, 0.25) is 0 Å². The minimum absolute atomic E-state index is 0.431. The normalized spacial score (nSPS) is 9.55. The van der Waals surface area contributed by atoms with E-state index in [1.165, 1.54) is 0 Å². The third kappa shape index (κ3) is 5.57. The van der Waals surface area contributed by atoms with Crippen molar-refractivity contribution in [2.75, 3.05) is 19.6 Å². The fraction of sp³-hybridized carbons (Fsp3) is 0.571. The molecule has 4 nitrogen and oxygen atoms in total. The maximum absolute atomic E-state index is 10.4. The second-order valence-electron chi connectivity index (χ2n) is 2.26. The molecule has 1 amide bonds. The van der Waals surface area contributed by atoms with Gasteiger partial charge in [0.1, 0.15) is 0 Å². The van der Waals surface area contributed by atoms with Crippen LogP contribution in [0.3, 0.4) is 0 Å². The Labute approximate surface area is 66.6 Å². The Hall–Kier alpha value is -0.870. The number of amides is 1. The molecule has 11 heavy (non-hydrogen) atoms. The van der Waals surface area contributed by atoms with Crippen molar-refractivity contribution in [2.45, 2.75) is 6.42 Å². The second kappa shape index (κ2) is 5.88. The van der Waals surface area contributed by atoms with Crippen molar-refractivity contribution < 1.29 is 4.79 Å². The minimum atomic E-state index is -0.431. The van der Waals surface area contributed by atoms with E-state index < -0.39 is 5.91 Å². The SMILES string of the molecule is C=C(CCNCCN)C(N)=O. The van der Waals surface area contributed by atoms with Crippen LogP contribution < -0.4 is 16.8 Å². The van der Waals surface area contributed by atoms with Crippen molar-refractivity contribution in [3.05, 3.63) is 12.2 Å². The molecule has 64 valence electrons. The summed E-state index contributed by atoms with van der Waals surface area (Å²) in [6.45, 7) is 5.57. The van der Waals surface area contributed by atoms with E-state index in [2.05, 4.69) is 11.9 Å². The van der Waals surface area contributed by atoms with Crippen molar-refractivity contribution in [3.8, 4) is 0 Å². The third-order valence-corrected chi connectivity index (χ3v) is 1.27. The van der Waals surface area contributed by atoms with E-state index in [4.69, 9.17) is 11.5 Å². The molecule has 0 bridgehead atoms. The van der Waals surface area contributed by atoms with Gasteiger partial charge in [-0.15, -0.1) is 0 Å². The van der Waals surface area contributed by atoms with Crippen LogP contribution in [0.15, 0.2) is 12.2 Å². The van der Waals surface area contributed by atoms with E-state index >= 15 is 0 Å². The van der Waals surface area contributed by atoms with Gasteiger partial charge in [0.2, 0.25) is 5.91 Å². The second-order valence-corrected chi connectivity index (χ2v) is 2.26. The van der Waals surface area contributed by atoms with Crippen LogP contribution in [0.5, 0.6) is 0 Å². The molecule has 0 aliphatic carbocycles. The standard InChI is InChI=1S/C7H15N3O/c1-6(7(9)11)2-4-10-5-3-8/h10H,1-5,8H2,(H2,9,11). The maximum Gasteiger partial charge on any atom is 0.244 e. The summed E-state index contributed by atoms with van der Waals surface area (Å²) in [5.74, 6) is -0.431. The Kier molecular flexibility index (Phi) is 5.42. The first-order valence-electron chi connectivity index (χ1n) is 3.57. The highest BCUT2D eigenvalue weighted by atomic mass is 16.1. The average molecular weight is 157 g/mol. The molecule has 0 aliphatic heterocycles. The molecule has 0 aromatic carbocycles. The van der Waals surface area contributed by atoms with Gasteiger partial charge in [0.25, 0.3) is 0 Å². The van der Waals surface area contributed by atoms with Crippen molar-refractivity contribution in [2.24, 2.45) is 11.5 Å². The molecule has 0 aromatic heterocycles. The van der Waals surface area contributed by atoms with Crippen LogP contribution in [0.4, 0.5) is 0 Å². The Balaban J connectivity index is 3.25. The summed E-state index contributed by atoms with van der Waals surface area (Å²) in [7, 11) is 0. The molecular weight excluding hydrogens is 142 g/mol. The monoisotopic (exact) mass is 157 g/mol. The van der Waals surface area contributed by atoms with Crippen LogP contribution in [0, 0.1) is 0 Å². The molecule has 0 rings (SSSR count). The lowest BCUT2D eigenvalue weighted by atomic mass is 10.2. The van der Waals surface area contributed by atoms with Gasteiger partial charge in [-0.3, -0.25) is 4.79 Å². The van der Waals surface area contributed by atoms with Crippen LogP contribution >= 0.6 is 0 Å². The third-order valence-electron chi connectivity index (χ3n) is 1.27. The molecule has 5 N–H and O–H groups in total. The molecule has 0 aromatic rings. The molecule has 0 fully saturated rings. The van der Waals surface area contributed by atoms with Gasteiger partial charge in [-0.2, -0.15) is 0 Å². The maximum atomic E-state index is 10.4. The first-order chi connectivity index (χ1) is 5.18. The van der Waals surface area contributed by atoms with Gasteiger partial charge in [0.15, 0.2) is 0 Å². The van der Waals surface area contributed by atoms with Gasteiger partial charge in [-0.05, 0) is 13.0 Å². The predicted octanol–water partition coefficient (Wildman–Crippen LogP) is -1.03. The highest BCUT2D eigenvalue weighted by molar-refractivity contribution is 5.91. The Morgan fingerprint density at radius 1 is 1.45 bits per heavy atom. The molecule has 0 saturated carbocycles. The Morgan fingerprint density at radius 3 is 2.55 bits per heavy atom. The van der Waals surface area contributed by atoms with Gasteiger partial charge in [0, 0.05) is 18.7 Å². The molecule has 0 radical (unpaired) electrons. The van der Waals surface area contributed by atoms with Gasteiger partial charge < -0.3 is 16.8 Å². The lowest BCUT2D eigenvalue weighted by Gasteiger charge is -2.02. The summed E-state index contributed by atoms with van der Waals surface area (Å²) in [4.78, 5) is 10.4. The molecule has 4 heteroatoms. The lowest BCUT2D eigenvalue weighted by molar-refractivity contribution is -0.114. The van der Waals surface area contributed by atoms with E-state index in [-0.39, 0.29) is 0 Å². The summed E-state index contributed by atoms with van der Waals surface area (Å²) >= 11 is 0. The molecule has 0 unspecified atom stereocenters. The fourth-order valence-electron chi connectivity index (χ4n) is 0.590. The van der Waals surface area contributed by atoms with Crippen molar-refractivity contribution in [1.82, 2.24) is 5.32 Å². The summed E-state index contributed by atoms with van der Waals surface area (Å²) < 4.78 is 0. The predicted molar refractivity (Wildman–Crippen MR) is 44.9 cm³/mol. The number of rotatable bonds is 6. The van der Waals surface area contributed by atoms with Gasteiger partial charge >= 0.3 is 0 Å². The topological polar surface area (TPSA) is 81.1 Å². The molecule has 0 saturated heterocycles. The van der Waals surface area contributed by atoms with E-state index in [1.807, 2.05) is 0 Å². The van der Waals surface area contributed by atoms with E-state index in [0.717, 1.165) is 6.54 Å². The summed E-state index contributed by atoms with van der Waals surface area (Å²) in [5.41, 5.74) is 10.6. The van der Waals surface area contributed by atoms with Gasteiger partial charge in [-0.1, -0.05) is 6.58 Å². The highest BCUT2D eigenvalue weighted by Crippen LogP contribution is 1.92. The summed E-state index contributed by atoms with van der Waals surface area (Å²) in [6, 6.07) is 0. The Bertz CT molecular complexity index is 145. The van der Waals surface area contributed by atoms with E-state index in [1.54, 1.807) is 0 Å². The fourth-order valence-corrected chi connectivity index (χ4v) is 0.590. The summed E-state index contributed by atoms with van der Waals surface area (Å²) in [6.07, 6.45) is 0.593. The van der Waals surface area contributed by atoms with Crippen LogP contribution in [-0.4, -0.2) is 25.5 Å². The molecule has 0 spiro atoms. The smallest absolute Gasteiger partial charge is 0.244 e. The highest BCUT2D eigenvalue weighted by Gasteiger charge is 1.98. The first kappa shape index (κ1) is 10.1. The van der Waals surface area contributed by atoms with Crippen LogP contribution in [0.1, 0.15) is 6.42 Å². The zero-order valence-electron chi connectivity index (χ0n) is 6.60. The number of nitrogens with two attached hydrogens (primary N) is 2. The number of primary amides is 1. The number of hydrogen-bond acceptors (Lipinski definition) is 3. The van der Waals surface area contributed by atoms with Crippen molar-refractivity contribution >= 4 is 5.91 Å².